The van der Waals surface area contributed by atoms with Crippen LogP contribution in [0.3, 0.4) is 0 Å². The molecule has 30 heavy (non-hydrogen) atoms. The molecule has 0 radical (unpaired) electrons. The summed E-state index contributed by atoms with van der Waals surface area (Å²) in [6.45, 7) is 12.1. The van der Waals surface area contributed by atoms with E-state index >= 15 is 0 Å². The lowest BCUT2D eigenvalue weighted by molar-refractivity contribution is -0.0823. The number of hydrogen-bond donors (Lipinski definition) is 2. The number of ether oxygens (including phenoxy) is 3. The Morgan fingerprint density at radius 3 is 2.53 bits per heavy atom. The third-order valence-corrected chi connectivity index (χ3v) is 5.28. The van der Waals surface area contributed by atoms with Crippen molar-refractivity contribution in [3.05, 3.63) is 23.8 Å². The van der Waals surface area contributed by atoms with Crippen LogP contribution in [0.5, 0.6) is 11.5 Å². The van der Waals surface area contributed by atoms with Crippen LogP contribution in [0.2, 0.25) is 0 Å². The summed E-state index contributed by atoms with van der Waals surface area (Å²) < 4.78 is 16.8. The second-order valence-corrected chi connectivity index (χ2v) is 8.65. The monoisotopic (exact) mass is 533 g/mol. The van der Waals surface area contributed by atoms with Gasteiger partial charge in [0.1, 0.15) is 0 Å². The van der Waals surface area contributed by atoms with Crippen LogP contribution in [0.25, 0.3) is 0 Å². The molecule has 0 aromatic heterocycles. The lowest BCUT2D eigenvalue weighted by Gasteiger charge is -2.39. The molecule has 1 fully saturated rings. The minimum atomic E-state index is 0. The van der Waals surface area contributed by atoms with Gasteiger partial charge < -0.3 is 24.8 Å². The lowest BCUT2D eigenvalue weighted by Crippen LogP contribution is -2.43. The van der Waals surface area contributed by atoms with Crippen LogP contribution >= 0.6 is 24.0 Å². The minimum Gasteiger partial charge on any atom is -0.493 e. The van der Waals surface area contributed by atoms with Gasteiger partial charge in [0.15, 0.2) is 17.5 Å². The van der Waals surface area contributed by atoms with Crippen molar-refractivity contribution in [3.63, 3.8) is 0 Å². The molecular weight excluding hydrogens is 493 g/mol. The van der Waals surface area contributed by atoms with Gasteiger partial charge in [0.05, 0.1) is 20.3 Å². The Balaban J connectivity index is 0.00000450. The Morgan fingerprint density at radius 1 is 1.17 bits per heavy atom. The zero-order valence-electron chi connectivity index (χ0n) is 19.4. The van der Waals surface area contributed by atoms with Crippen molar-refractivity contribution >= 4 is 29.9 Å². The van der Waals surface area contributed by atoms with E-state index in [4.69, 9.17) is 19.2 Å². The molecule has 1 saturated heterocycles. The van der Waals surface area contributed by atoms with E-state index in [0.29, 0.717) is 5.92 Å². The van der Waals surface area contributed by atoms with E-state index in [9.17, 15) is 0 Å². The zero-order valence-corrected chi connectivity index (χ0v) is 21.7. The second kappa shape index (κ2) is 13.2. The van der Waals surface area contributed by atoms with Gasteiger partial charge in [0.25, 0.3) is 0 Å². The van der Waals surface area contributed by atoms with E-state index < -0.39 is 0 Å². The van der Waals surface area contributed by atoms with Gasteiger partial charge >= 0.3 is 0 Å². The molecule has 2 atom stereocenters. The van der Waals surface area contributed by atoms with Crippen molar-refractivity contribution in [2.45, 2.75) is 53.1 Å². The summed E-state index contributed by atoms with van der Waals surface area (Å²) in [7, 11) is 3.31. The van der Waals surface area contributed by atoms with E-state index in [1.165, 1.54) is 12.0 Å². The number of halogens is 1. The molecule has 2 N–H and O–H groups in total. The van der Waals surface area contributed by atoms with Crippen LogP contribution in [-0.4, -0.2) is 52.5 Å². The van der Waals surface area contributed by atoms with Gasteiger partial charge in [0.2, 0.25) is 0 Å². The predicted octanol–water partition coefficient (Wildman–Crippen LogP) is 4.26. The van der Waals surface area contributed by atoms with Crippen LogP contribution in [-0.2, 0) is 11.2 Å². The Hall–Kier alpha value is -1.22. The summed E-state index contributed by atoms with van der Waals surface area (Å²) in [5, 5.41) is 6.81. The quantitative estimate of drug-likeness (QED) is 0.297. The van der Waals surface area contributed by atoms with Gasteiger partial charge in [0, 0.05) is 32.2 Å². The highest BCUT2D eigenvalue weighted by molar-refractivity contribution is 14.0. The molecule has 1 heterocycles. The third kappa shape index (κ3) is 8.13. The maximum Gasteiger partial charge on any atom is 0.191 e. The molecular formula is C23H40IN3O3. The second-order valence-electron chi connectivity index (χ2n) is 8.65. The predicted molar refractivity (Wildman–Crippen MR) is 135 cm³/mol. The van der Waals surface area contributed by atoms with E-state index in [-0.39, 0.29) is 35.5 Å². The van der Waals surface area contributed by atoms with Crippen LogP contribution < -0.4 is 20.1 Å². The first-order valence-electron chi connectivity index (χ1n) is 10.7. The average molecular weight is 533 g/mol. The lowest BCUT2D eigenvalue weighted by atomic mass is 9.78. The molecule has 2 rings (SSSR count). The Labute approximate surface area is 199 Å². The molecule has 6 nitrogen and oxygen atoms in total. The van der Waals surface area contributed by atoms with Crippen molar-refractivity contribution in [3.8, 4) is 11.5 Å². The normalized spacial score (nSPS) is 19.6. The Bertz CT molecular complexity index is 662. The smallest absolute Gasteiger partial charge is 0.191 e. The highest BCUT2D eigenvalue weighted by Crippen LogP contribution is 2.34. The summed E-state index contributed by atoms with van der Waals surface area (Å²) in [4.78, 5) is 4.86. The molecule has 0 spiro atoms. The van der Waals surface area contributed by atoms with E-state index in [1.807, 2.05) is 12.1 Å². The minimum absolute atomic E-state index is 0. The summed E-state index contributed by atoms with van der Waals surface area (Å²) >= 11 is 0. The topological polar surface area (TPSA) is 64.1 Å². The number of nitrogens with zero attached hydrogens (tertiary/aromatic N) is 1. The maximum atomic E-state index is 6.09. The Kier molecular flexibility index (Phi) is 11.8. The SMILES string of the molecule is CCNC(=NCC1CCCOC1C(C)(C)C)NCCc1ccc(OC)c(OC)c1.I. The highest BCUT2D eigenvalue weighted by atomic mass is 127. The molecule has 0 aliphatic carbocycles. The first kappa shape index (κ1) is 26.8. The fraction of sp³-hybridized carbons (Fsp3) is 0.696. The summed E-state index contributed by atoms with van der Waals surface area (Å²) in [6, 6.07) is 6.04. The van der Waals surface area contributed by atoms with Crippen molar-refractivity contribution < 1.29 is 14.2 Å². The average Bonchev–Trinajstić information content (AvgIpc) is 2.71. The molecule has 1 aromatic carbocycles. The molecule has 0 saturated carbocycles. The summed E-state index contributed by atoms with van der Waals surface area (Å²) in [6.07, 6.45) is 3.43. The molecule has 2 unspecified atom stereocenters. The van der Waals surface area contributed by atoms with Gasteiger partial charge in [-0.2, -0.15) is 0 Å². The standard InChI is InChI=1S/C23H39N3O3.HI/c1-7-24-22(26-16-18-9-8-14-29-21(18)23(2,3)4)25-13-12-17-10-11-19(27-5)20(15-17)28-6;/h10-11,15,18,21H,7-9,12-14,16H2,1-6H3,(H2,24,25,26);1H. The molecule has 172 valence electrons. The zero-order chi connectivity index (χ0) is 21.3. The molecule has 1 aromatic rings. The van der Waals surface area contributed by atoms with E-state index in [0.717, 1.165) is 56.5 Å². The summed E-state index contributed by atoms with van der Waals surface area (Å²) in [5.41, 5.74) is 1.33. The number of aliphatic imine (C=N–C) groups is 1. The number of hydrogen-bond acceptors (Lipinski definition) is 4. The van der Waals surface area contributed by atoms with Gasteiger partial charge in [-0.3, -0.25) is 4.99 Å². The van der Waals surface area contributed by atoms with Crippen molar-refractivity contribution in [1.82, 2.24) is 10.6 Å². The first-order chi connectivity index (χ1) is 13.9. The molecule has 7 heteroatoms. The van der Waals surface area contributed by atoms with Crippen LogP contribution in [0.1, 0.15) is 46.1 Å². The maximum absolute atomic E-state index is 6.09. The third-order valence-electron chi connectivity index (χ3n) is 5.28. The van der Waals surface area contributed by atoms with Crippen molar-refractivity contribution in [2.24, 2.45) is 16.3 Å². The number of guanidine groups is 1. The number of benzene rings is 1. The first-order valence-corrected chi connectivity index (χ1v) is 10.7. The fourth-order valence-electron chi connectivity index (χ4n) is 3.90. The fourth-order valence-corrected chi connectivity index (χ4v) is 3.90. The number of methoxy groups -OCH3 is 2. The molecule has 1 aliphatic heterocycles. The van der Waals surface area contributed by atoms with E-state index in [2.05, 4.69) is 44.4 Å². The number of rotatable bonds is 8. The van der Waals surface area contributed by atoms with Crippen LogP contribution in [0.15, 0.2) is 23.2 Å². The number of nitrogens with one attached hydrogen (secondary N) is 2. The van der Waals surface area contributed by atoms with Crippen molar-refractivity contribution in [2.75, 3.05) is 40.5 Å². The molecule has 0 amide bonds. The summed E-state index contributed by atoms with van der Waals surface area (Å²) in [5.74, 6) is 2.84. The van der Waals surface area contributed by atoms with Crippen molar-refractivity contribution in [1.29, 1.82) is 0 Å². The van der Waals surface area contributed by atoms with Gasteiger partial charge in [-0.25, -0.2) is 0 Å². The largest absolute Gasteiger partial charge is 0.493 e. The van der Waals surface area contributed by atoms with Gasteiger partial charge in [-0.1, -0.05) is 26.8 Å². The van der Waals surface area contributed by atoms with Gasteiger partial charge in [-0.15, -0.1) is 24.0 Å². The van der Waals surface area contributed by atoms with Crippen LogP contribution in [0.4, 0.5) is 0 Å². The highest BCUT2D eigenvalue weighted by Gasteiger charge is 2.35. The molecule has 0 bridgehead atoms. The Morgan fingerprint density at radius 2 is 1.90 bits per heavy atom. The van der Waals surface area contributed by atoms with Gasteiger partial charge in [-0.05, 0) is 49.3 Å². The molecule has 1 aliphatic rings. The van der Waals surface area contributed by atoms with E-state index in [1.54, 1.807) is 14.2 Å². The van der Waals surface area contributed by atoms with Crippen LogP contribution in [0, 0.1) is 11.3 Å².